The summed E-state index contributed by atoms with van der Waals surface area (Å²) < 4.78 is 5.53. The van der Waals surface area contributed by atoms with Gasteiger partial charge in [0.25, 0.3) is 5.91 Å². The number of ether oxygens (including phenoxy) is 1. The number of pyridine rings is 1. The van der Waals surface area contributed by atoms with Crippen molar-refractivity contribution in [1.82, 2.24) is 10.4 Å². The van der Waals surface area contributed by atoms with Gasteiger partial charge in [0.05, 0.1) is 11.7 Å². The molecule has 5 nitrogen and oxygen atoms in total. The molecule has 1 atom stereocenters. The number of aromatic nitrogens is 1. The lowest BCUT2D eigenvalue weighted by atomic mass is 10.2. The Labute approximate surface area is 160 Å². The number of carbonyl (C=O) groups excluding carboxylic acids is 1. The van der Waals surface area contributed by atoms with Crippen molar-refractivity contribution in [2.24, 2.45) is 5.10 Å². The zero-order valence-electron chi connectivity index (χ0n) is 13.8. The third kappa shape index (κ3) is 4.50. The highest BCUT2D eigenvalue weighted by Gasteiger charge is 2.14. The van der Waals surface area contributed by atoms with Crippen LogP contribution in [-0.2, 0) is 4.79 Å². The van der Waals surface area contributed by atoms with Gasteiger partial charge in [-0.05, 0) is 37.3 Å². The van der Waals surface area contributed by atoms with E-state index < -0.39 is 12.0 Å². The summed E-state index contributed by atoms with van der Waals surface area (Å²) in [5.41, 5.74) is 3.83. The number of carbonyl (C=O) groups is 1. The SMILES string of the molecule is C[C@H](Oc1cccc(Cl)c1)C(=O)N/N=C\c1cc2ccccc2nc1Cl. The Kier molecular flexibility index (Phi) is 5.71. The summed E-state index contributed by atoms with van der Waals surface area (Å²) in [6.07, 6.45) is 0.710. The van der Waals surface area contributed by atoms with Gasteiger partial charge in [-0.2, -0.15) is 5.10 Å². The third-order valence-corrected chi connectivity index (χ3v) is 4.10. The molecule has 3 rings (SSSR count). The van der Waals surface area contributed by atoms with Crippen LogP contribution in [-0.4, -0.2) is 23.2 Å². The number of halogens is 2. The molecule has 7 heteroatoms. The average Bonchev–Trinajstić information content (AvgIpc) is 2.62. The van der Waals surface area contributed by atoms with Gasteiger partial charge in [0.15, 0.2) is 6.10 Å². The average molecular weight is 388 g/mol. The van der Waals surface area contributed by atoms with Gasteiger partial charge in [0, 0.05) is 16.0 Å². The molecule has 1 amide bonds. The topological polar surface area (TPSA) is 63.6 Å². The predicted octanol–water partition coefficient (Wildman–Crippen LogP) is 4.46. The molecular weight excluding hydrogens is 373 g/mol. The molecule has 0 aliphatic heterocycles. The van der Waals surface area contributed by atoms with E-state index in [1.54, 1.807) is 31.2 Å². The van der Waals surface area contributed by atoms with Crippen molar-refractivity contribution in [3.05, 3.63) is 70.3 Å². The van der Waals surface area contributed by atoms with E-state index >= 15 is 0 Å². The van der Waals surface area contributed by atoms with Crippen molar-refractivity contribution in [3.63, 3.8) is 0 Å². The molecule has 0 radical (unpaired) electrons. The fourth-order valence-electron chi connectivity index (χ4n) is 2.25. The van der Waals surface area contributed by atoms with Crippen molar-refractivity contribution < 1.29 is 9.53 Å². The van der Waals surface area contributed by atoms with Crippen molar-refractivity contribution in [1.29, 1.82) is 0 Å². The molecule has 1 heterocycles. The molecule has 0 bridgehead atoms. The first-order valence-electron chi connectivity index (χ1n) is 7.83. The molecule has 1 N–H and O–H groups in total. The van der Waals surface area contributed by atoms with E-state index in [1.165, 1.54) is 6.21 Å². The fourth-order valence-corrected chi connectivity index (χ4v) is 2.63. The zero-order chi connectivity index (χ0) is 18.5. The minimum Gasteiger partial charge on any atom is -0.481 e. The Hall–Kier alpha value is -2.63. The van der Waals surface area contributed by atoms with Crippen LogP contribution in [0.3, 0.4) is 0 Å². The molecule has 132 valence electrons. The summed E-state index contributed by atoms with van der Waals surface area (Å²) in [5.74, 6) is 0.108. The van der Waals surface area contributed by atoms with Gasteiger partial charge in [0.2, 0.25) is 0 Å². The molecule has 0 spiro atoms. The molecule has 2 aromatic carbocycles. The van der Waals surface area contributed by atoms with Crippen LogP contribution in [0.5, 0.6) is 5.75 Å². The first kappa shape index (κ1) is 18.2. The van der Waals surface area contributed by atoms with E-state index in [0.717, 1.165) is 10.9 Å². The number of amides is 1. The van der Waals surface area contributed by atoms with E-state index in [2.05, 4.69) is 15.5 Å². The van der Waals surface area contributed by atoms with Gasteiger partial charge in [-0.3, -0.25) is 4.79 Å². The summed E-state index contributed by atoms with van der Waals surface area (Å²) >= 11 is 12.0. The maximum absolute atomic E-state index is 12.1. The minimum absolute atomic E-state index is 0.310. The number of para-hydroxylation sites is 1. The molecule has 0 fully saturated rings. The van der Waals surface area contributed by atoms with Crippen LogP contribution in [0, 0.1) is 0 Å². The van der Waals surface area contributed by atoms with Crippen LogP contribution >= 0.6 is 23.2 Å². The molecule has 1 aromatic heterocycles. The van der Waals surface area contributed by atoms with Gasteiger partial charge in [-0.25, -0.2) is 10.4 Å². The van der Waals surface area contributed by atoms with E-state index in [9.17, 15) is 4.79 Å². The van der Waals surface area contributed by atoms with Crippen molar-refractivity contribution >= 4 is 46.2 Å². The number of nitrogens with one attached hydrogen (secondary N) is 1. The quantitative estimate of drug-likeness (QED) is 0.399. The summed E-state index contributed by atoms with van der Waals surface area (Å²) in [5, 5.41) is 5.71. The Balaban J connectivity index is 1.64. The number of hydrogen-bond donors (Lipinski definition) is 1. The molecular formula is C19H15Cl2N3O2. The van der Waals surface area contributed by atoms with Crippen molar-refractivity contribution in [2.75, 3.05) is 0 Å². The number of rotatable bonds is 5. The number of hydrogen-bond acceptors (Lipinski definition) is 4. The molecule has 0 aliphatic rings. The second-order valence-electron chi connectivity index (χ2n) is 5.51. The molecule has 0 aliphatic carbocycles. The number of nitrogens with zero attached hydrogens (tertiary/aromatic N) is 2. The van der Waals surface area contributed by atoms with Crippen LogP contribution in [0.4, 0.5) is 0 Å². The first-order chi connectivity index (χ1) is 12.5. The monoisotopic (exact) mass is 387 g/mol. The van der Waals surface area contributed by atoms with Crippen LogP contribution in [0.15, 0.2) is 59.7 Å². The number of hydrazone groups is 1. The second-order valence-corrected chi connectivity index (χ2v) is 6.31. The fraction of sp³-hybridized carbons (Fsp3) is 0.105. The van der Waals surface area contributed by atoms with Gasteiger partial charge >= 0.3 is 0 Å². The molecule has 0 saturated carbocycles. The third-order valence-electron chi connectivity index (χ3n) is 3.56. The summed E-state index contributed by atoms with van der Waals surface area (Å²) in [7, 11) is 0. The zero-order valence-corrected chi connectivity index (χ0v) is 15.3. The predicted molar refractivity (Wildman–Crippen MR) is 104 cm³/mol. The Morgan fingerprint density at radius 1 is 1.19 bits per heavy atom. The Morgan fingerprint density at radius 2 is 2.00 bits per heavy atom. The molecule has 0 unspecified atom stereocenters. The number of benzene rings is 2. The van der Waals surface area contributed by atoms with Gasteiger partial charge in [-0.1, -0.05) is 47.5 Å². The van der Waals surface area contributed by atoms with Crippen LogP contribution < -0.4 is 10.2 Å². The lowest BCUT2D eigenvalue weighted by Gasteiger charge is -2.12. The maximum Gasteiger partial charge on any atom is 0.280 e. The van der Waals surface area contributed by atoms with E-state index in [-0.39, 0.29) is 0 Å². The molecule has 0 saturated heterocycles. The highest BCUT2D eigenvalue weighted by atomic mass is 35.5. The normalized spacial score (nSPS) is 12.3. The highest BCUT2D eigenvalue weighted by Crippen LogP contribution is 2.19. The van der Waals surface area contributed by atoms with Gasteiger partial charge in [0.1, 0.15) is 10.9 Å². The van der Waals surface area contributed by atoms with Crippen LogP contribution in [0.2, 0.25) is 10.2 Å². The van der Waals surface area contributed by atoms with Crippen molar-refractivity contribution in [3.8, 4) is 5.75 Å². The molecule has 3 aromatic rings. The van der Waals surface area contributed by atoms with Crippen LogP contribution in [0.1, 0.15) is 12.5 Å². The largest absolute Gasteiger partial charge is 0.481 e. The first-order valence-corrected chi connectivity index (χ1v) is 8.59. The van der Waals surface area contributed by atoms with Gasteiger partial charge < -0.3 is 4.74 Å². The Bertz CT molecular complexity index is 976. The maximum atomic E-state index is 12.1. The highest BCUT2D eigenvalue weighted by molar-refractivity contribution is 6.32. The minimum atomic E-state index is -0.740. The number of fused-ring (bicyclic) bond motifs is 1. The lowest BCUT2D eigenvalue weighted by molar-refractivity contribution is -0.127. The van der Waals surface area contributed by atoms with E-state index in [0.29, 0.717) is 21.5 Å². The second kappa shape index (κ2) is 8.17. The summed E-state index contributed by atoms with van der Waals surface area (Å²) in [6, 6.07) is 16.3. The van der Waals surface area contributed by atoms with Gasteiger partial charge in [-0.15, -0.1) is 0 Å². The molecule has 26 heavy (non-hydrogen) atoms. The summed E-state index contributed by atoms with van der Waals surface area (Å²) in [6.45, 7) is 1.62. The Morgan fingerprint density at radius 3 is 2.81 bits per heavy atom. The van der Waals surface area contributed by atoms with Crippen LogP contribution in [0.25, 0.3) is 10.9 Å². The lowest BCUT2D eigenvalue weighted by Crippen LogP contribution is -2.33. The van der Waals surface area contributed by atoms with Crippen molar-refractivity contribution in [2.45, 2.75) is 13.0 Å². The smallest absolute Gasteiger partial charge is 0.280 e. The van der Waals surface area contributed by atoms with E-state index in [4.69, 9.17) is 27.9 Å². The standard InChI is InChI=1S/C19H15Cl2N3O2/c1-12(26-16-7-4-6-15(20)10-16)19(25)24-22-11-14-9-13-5-2-3-8-17(13)23-18(14)21/h2-12H,1H3,(H,24,25)/b22-11-/t12-/m0/s1. The summed E-state index contributed by atoms with van der Waals surface area (Å²) in [4.78, 5) is 16.4. The van der Waals surface area contributed by atoms with E-state index in [1.807, 2.05) is 30.3 Å².